The highest BCUT2D eigenvalue weighted by atomic mass is 14.7. The maximum atomic E-state index is 4.26. The van der Waals surface area contributed by atoms with E-state index >= 15 is 0 Å². The first kappa shape index (κ1) is 7.22. The van der Waals surface area contributed by atoms with Crippen LogP contribution in [-0.4, -0.2) is 4.98 Å². The smallest absolute Gasteiger partial charge is 0.0881 e. The van der Waals surface area contributed by atoms with E-state index < -0.39 is 0 Å². The molecule has 0 radical (unpaired) electrons. The lowest BCUT2D eigenvalue weighted by atomic mass is 10.1. The predicted molar refractivity (Wildman–Crippen MR) is 47.8 cm³/mol. The van der Waals surface area contributed by atoms with Crippen LogP contribution in [0.3, 0.4) is 0 Å². The zero-order valence-electron chi connectivity index (χ0n) is 6.94. The highest BCUT2D eigenvalue weighted by Crippen LogP contribution is 1.99. The van der Waals surface area contributed by atoms with E-state index in [1.165, 1.54) is 5.22 Å². The zero-order chi connectivity index (χ0) is 8.39. The number of fused-ring (bicyclic) bond motifs is 1. The molecule has 0 fully saturated rings. The monoisotopic (exact) mass is 158 g/mol. The Morgan fingerprint density at radius 3 is 3.25 bits per heavy atom. The molecule has 0 amide bonds. The second kappa shape index (κ2) is 2.89. The van der Waals surface area contributed by atoms with Crippen LogP contribution in [0.25, 0.3) is 6.08 Å². The zero-order valence-corrected chi connectivity index (χ0v) is 6.94. The lowest BCUT2D eigenvalue weighted by Gasteiger charge is -1.92. The van der Waals surface area contributed by atoms with Gasteiger partial charge in [0, 0.05) is 12.4 Å². The third kappa shape index (κ3) is 1.28. The number of aromatic nitrogens is 1. The highest BCUT2D eigenvalue weighted by molar-refractivity contribution is 5.30. The molecule has 0 saturated carbocycles. The van der Waals surface area contributed by atoms with Crippen LogP contribution in [0.15, 0.2) is 35.7 Å². The van der Waals surface area contributed by atoms with E-state index in [-0.39, 0.29) is 0 Å². The van der Waals surface area contributed by atoms with Gasteiger partial charge in [0.15, 0.2) is 0 Å². The van der Waals surface area contributed by atoms with Crippen molar-refractivity contribution in [2.45, 2.75) is 6.92 Å². The van der Waals surface area contributed by atoms with E-state index in [4.69, 9.17) is 0 Å². The van der Waals surface area contributed by atoms with Crippen LogP contribution in [0.1, 0.15) is 6.92 Å². The summed E-state index contributed by atoms with van der Waals surface area (Å²) in [6.45, 7) is 2.14. The summed E-state index contributed by atoms with van der Waals surface area (Å²) < 4.78 is 0. The summed E-state index contributed by atoms with van der Waals surface area (Å²) in [5.74, 6) is 0.456. The van der Waals surface area contributed by atoms with Gasteiger partial charge in [0.25, 0.3) is 0 Å². The molecule has 2 nitrogen and oxygen atoms in total. The van der Waals surface area contributed by atoms with Crippen molar-refractivity contribution in [3.8, 4) is 0 Å². The molecule has 2 heteroatoms. The minimum atomic E-state index is 0.456. The van der Waals surface area contributed by atoms with Gasteiger partial charge in [0.1, 0.15) is 0 Å². The van der Waals surface area contributed by atoms with Gasteiger partial charge in [0.05, 0.1) is 11.6 Å². The fourth-order valence-corrected chi connectivity index (χ4v) is 1.24. The van der Waals surface area contributed by atoms with E-state index in [2.05, 4.69) is 29.1 Å². The van der Waals surface area contributed by atoms with Gasteiger partial charge in [-0.25, -0.2) is 0 Å². The molecule has 1 atom stereocenters. The molecule has 0 N–H and O–H groups in total. The Morgan fingerprint density at radius 1 is 1.42 bits per heavy atom. The molecule has 1 aliphatic heterocycles. The molecule has 0 aliphatic carbocycles. The van der Waals surface area contributed by atoms with Crippen molar-refractivity contribution in [3.05, 3.63) is 41.3 Å². The second-order valence-corrected chi connectivity index (χ2v) is 2.93. The minimum absolute atomic E-state index is 0.456. The summed E-state index contributed by atoms with van der Waals surface area (Å²) >= 11 is 0. The minimum Gasteiger partial charge on any atom is -0.262 e. The molecule has 2 heterocycles. The highest BCUT2D eigenvalue weighted by Gasteiger charge is 1.94. The first-order valence-electron chi connectivity index (χ1n) is 4.02. The molecule has 0 bridgehead atoms. The molecule has 12 heavy (non-hydrogen) atoms. The molecule has 0 spiro atoms. The van der Waals surface area contributed by atoms with Crippen molar-refractivity contribution in [3.63, 3.8) is 0 Å². The molecule has 60 valence electrons. The molecule has 1 aliphatic rings. The Labute approximate surface area is 71.0 Å². The fourth-order valence-electron chi connectivity index (χ4n) is 1.24. The number of nitrogens with zero attached hydrogens (tertiary/aromatic N) is 2. The molecule has 1 aromatic rings. The van der Waals surface area contributed by atoms with Crippen LogP contribution >= 0.6 is 0 Å². The maximum Gasteiger partial charge on any atom is 0.0881 e. The van der Waals surface area contributed by atoms with Crippen LogP contribution in [0.2, 0.25) is 0 Å². The summed E-state index contributed by atoms with van der Waals surface area (Å²) in [4.78, 5) is 8.28. The van der Waals surface area contributed by atoms with Gasteiger partial charge in [-0.05, 0) is 17.2 Å². The normalized spacial score (nSPS) is 20.2. The molecular formula is C10H10N2. The van der Waals surface area contributed by atoms with Crippen molar-refractivity contribution in [2.75, 3.05) is 0 Å². The van der Waals surface area contributed by atoms with Gasteiger partial charge in [0.2, 0.25) is 0 Å². The molecule has 1 unspecified atom stereocenters. The van der Waals surface area contributed by atoms with E-state index in [0.717, 1.165) is 5.36 Å². The fraction of sp³-hybridized carbons (Fsp3) is 0.200. The summed E-state index contributed by atoms with van der Waals surface area (Å²) in [6.07, 6.45) is 9.68. The second-order valence-electron chi connectivity index (χ2n) is 2.93. The first-order chi connectivity index (χ1) is 5.86. The number of hydrogen-bond donors (Lipinski definition) is 0. The average Bonchev–Trinajstić information content (AvgIpc) is 2.25. The summed E-state index contributed by atoms with van der Waals surface area (Å²) in [5, 5.41) is 2.13. The van der Waals surface area contributed by atoms with Crippen molar-refractivity contribution in [1.29, 1.82) is 0 Å². The lowest BCUT2D eigenvalue weighted by molar-refractivity contribution is 0.995. The van der Waals surface area contributed by atoms with Gasteiger partial charge in [-0.2, -0.15) is 0 Å². The quantitative estimate of drug-likeness (QED) is 0.544. The summed E-state index contributed by atoms with van der Waals surface area (Å²) in [6, 6.07) is 1.99. The molecule has 0 saturated heterocycles. The van der Waals surface area contributed by atoms with Crippen LogP contribution in [0.5, 0.6) is 0 Å². The van der Waals surface area contributed by atoms with Gasteiger partial charge >= 0.3 is 0 Å². The van der Waals surface area contributed by atoms with E-state index in [1.807, 2.05) is 12.3 Å². The van der Waals surface area contributed by atoms with E-state index in [9.17, 15) is 0 Å². The van der Waals surface area contributed by atoms with Crippen LogP contribution in [-0.2, 0) is 0 Å². The standard InChI is InChI=1S/C10H10N2/c1-8-2-5-12-10-7-11-4-3-9(10)6-8/h2-8H,1H3. The number of rotatable bonds is 0. The van der Waals surface area contributed by atoms with Crippen molar-refractivity contribution < 1.29 is 0 Å². The van der Waals surface area contributed by atoms with Crippen LogP contribution in [0.4, 0.5) is 0 Å². The Hall–Kier alpha value is -1.44. The average molecular weight is 158 g/mol. The van der Waals surface area contributed by atoms with Gasteiger partial charge in [-0.3, -0.25) is 9.98 Å². The Bertz CT molecular complexity index is 418. The number of allylic oxidation sites excluding steroid dienone is 1. The van der Waals surface area contributed by atoms with Crippen molar-refractivity contribution in [2.24, 2.45) is 10.9 Å². The number of hydrogen-bond acceptors (Lipinski definition) is 2. The predicted octanol–water partition coefficient (Wildman–Crippen LogP) is 0.645. The SMILES string of the molecule is CC1C=CN=c2cnccc2=C1. The van der Waals surface area contributed by atoms with Crippen LogP contribution in [0, 0.1) is 5.92 Å². The van der Waals surface area contributed by atoms with Gasteiger partial charge < -0.3 is 0 Å². The molecule has 2 rings (SSSR count). The largest absolute Gasteiger partial charge is 0.262 e. The first-order valence-corrected chi connectivity index (χ1v) is 4.02. The van der Waals surface area contributed by atoms with E-state index in [0.29, 0.717) is 5.92 Å². The molecule has 1 aromatic heterocycles. The Balaban J connectivity index is 2.75. The van der Waals surface area contributed by atoms with Gasteiger partial charge in [-0.15, -0.1) is 0 Å². The van der Waals surface area contributed by atoms with Crippen molar-refractivity contribution in [1.82, 2.24) is 4.98 Å². The van der Waals surface area contributed by atoms with Crippen LogP contribution < -0.4 is 10.6 Å². The lowest BCUT2D eigenvalue weighted by Crippen LogP contribution is -2.24. The molecular weight excluding hydrogens is 148 g/mol. The maximum absolute atomic E-state index is 4.26. The van der Waals surface area contributed by atoms with E-state index in [1.54, 1.807) is 12.4 Å². The Kier molecular flexibility index (Phi) is 1.74. The number of pyridine rings is 1. The van der Waals surface area contributed by atoms with Crippen molar-refractivity contribution >= 4 is 6.08 Å². The third-order valence-corrected chi connectivity index (χ3v) is 1.88. The van der Waals surface area contributed by atoms with Gasteiger partial charge in [-0.1, -0.05) is 19.1 Å². The summed E-state index contributed by atoms with van der Waals surface area (Å²) in [7, 11) is 0. The topological polar surface area (TPSA) is 25.2 Å². The third-order valence-electron chi connectivity index (χ3n) is 1.88. The Morgan fingerprint density at radius 2 is 2.33 bits per heavy atom. The molecule has 0 aromatic carbocycles. The summed E-state index contributed by atoms with van der Waals surface area (Å²) in [5.41, 5.74) is 0.